The molecule has 0 aliphatic carbocycles. The second kappa shape index (κ2) is 8.70. The van der Waals surface area contributed by atoms with Crippen LogP contribution in [-0.4, -0.2) is 32.6 Å². The zero-order valence-corrected chi connectivity index (χ0v) is 15.8. The lowest BCUT2D eigenvalue weighted by Crippen LogP contribution is -2.03. The van der Waals surface area contributed by atoms with Gasteiger partial charge in [-0.3, -0.25) is 10.9 Å². The van der Waals surface area contributed by atoms with Crippen LogP contribution in [-0.2, 0) is 0 Å². The average molecular weight is 398 g/mol. The molecular formula is C22H18N6O2. The van der Waals surface area contributed by atoms with Crippen molar-refractivity contribution in [1.29, 1.82) is 0 Å². The number of nitrogens with zero attached hydrogens (tertiary/aromatic N) is 4. The number of aromatic hydroxyl groups is 2. The number of para-hydroxylation sites is 4. The van der Waals surface area contributed by atoms with E-state index in [9.17, 15) is 10.2 Å². The molecule has 0 atom stereocenters. The molecule has 0 amide bonds. The van der Waals surface area contributed by atoms with Gasteiger partial charge in [-0.25, -0.2) is 9.97 Å². The fraction of sp³-hybridized carbons (Fsp3) is 0. The van der Waals surface area contributed by atoms with E-state index in [1.54, 1.807) is 48.5 Å². The highest BCUT2D eigenvalue weighted by Gasteiger charge is 2.08. The Labute approximate surface area is 172 Å². The van der Waals surface area contributed by atoms with Crippen LogP contribution in [0.5, 0.6) is 11.5 Å². The van der Waals surface area contributed by atoms with Gasteiger partial charge in [-0.1, -0.05) is 36.4 Å². The molecule has 3 aromatic carbocycles. The van der Waals surface area contributed by atoms with Crippen LogP contribution in [0.15, 0.2) is 83.0 Å². The van der Waals surface area contributed by atoms with Gasteiger partial charge in [0.25, 0.3) is 0 Å². The minimum atomic E-state index is 0.123. The Hall–Kier alpha value is -4.46. The number of phenols is 2. The Morgan fingerprint density at radius 1 is 0.600 bits per heavy atom. The molecule has 0 radical (unpaired) electrons. The molecule has 0 aliphatic heterocycles. The fourth-order valence-corrected chi connectivity index (χ4v) is 2.68. The highest BCUT2D eigenvalue weighted by Crippen LogP contribution is 2.22. The minimum Gasteiger partial charge on any atom is -0.507 e. The van der Waals surface area contributed by atoms with Crippen LogP contribution in [0, 0.1) is 0 Å². The molecule has 0 saturated heterocycles. The van der Waals surface area contributed by atoms with Gasteiger partial charge in [0.05, 0.1) is 23.5 Å². The summed E-state index contributed by atoms with van der Waals surface area (Å²) in [7, 11) is 0. The van der Waals surface area contributed by atoms with E-state index >= 15 is 0 Å². The molecule has 4 rings (SSSR count). The maximum absolute atomic E-state index is 9.85. The van der Waals surface area contributed by atoms with Gasteiger partial charge in [0.15, 0.2) is 11.6 Å². The van der Waals surface area contributed by atoms with Crippen LogP contribution in [0.25, 0.3) is 11.0 Å². The molecule has 0 unspecified atom stereocenters. The summed E-state index contributed by atoms with van der Waals surface area (Å²) in [6, 6.07) is 21.1. The maximum Gasteiger partial charge on any atom is 0.192 e. The van der Waals surface area contributed by atoms with Gasteiger partial charge in [-0.15, -0.1) is 0 Å². The van der Waals surface area contributed by atoms with E-state index in [0.717, 1.165) is 0 Å². The Kier molecular flexibility index (Phi) is 5.47. The van der Waals surface area contributed by atoms with E-state index in [1.165, 1.54) is 12.4 Å². The van der Waals surface area contributed by atoms with E-state index in [2.05, 4.69) is 31.0 Å². The van der Waals surface area contributed by atoms with Gasteiger partial charge in [-0.2, -0.15) is 10.2 Å². The SMILES string of the molecule is Oc1ccccc1C=NNc1nc2ccccc2nc1NN=Cc1ccccc1O. The van der Waals surface area contributed by atoms with Crippen molar-refractivity contribution in [2.45, 2.75) is 0 Å². The van der Waals surface area contributed by atoms with Crippen LogP contribution in [0.1, 0.15) is 11.1 Å². The highest BCUT2D eigenvalue weighted by atomic mass is 16.3. The van der Waals surface area contributed by atoms with Crippen molar-refractivity contribution < 1.29 is 10.2 Å². The molecule has 0 aliphatic rings. The molecule has 1 aromatic heterocycles. The average Bonchev–Trinajstić information content (AvgIpc) is 2.76. The molecule has 8 nitrogen and oxygen atoms in total. The van der Waals surface area contributed by atoms with E-state index in [1.807, 2.05) is 24.3 Å². The number of anilines is 2. The van der Waals surface area contributed by atoms with E-state index in [0.29, 0.717) is 33.8 Å². The molecule has 30 heavy (non-hydrogen) atoms. The first-order chi connectivity index (χ1) is 14.7. The van der Waals surface area contributed by atoms with E-state index in [-0.39, 0.29) is 11.5 Å². The summed E-state index contributed by atoms with van der Waals surface area (Å²) >= 11 is 0. The Morgan fingerprint density at radius 2 is 1.00 bits per heavy atom. The lowest BCUT2D eigenvalue weighted by atomic mass is 10.2. The van der Waals surface area contributed by atoms with Crippen LogP contribution < -0.4 is 10.9 Å². The van der Waals surface area contributed by atoms with Crippen LogP contribution in [0.2, 0.25) is 0 Å². The summed E-state index contributed by atoms with van der Waals surface area (Å²) in [6.07, 6.45) is 2.97. The van der Waals surface area contributed by atoms with Crippen LogP contribution in [0.3, 0.4) is 0 Å². The van der Waals surface area contributed by atoms with Gasteiger partial charge < -0.3 is 10.2 Å². The molecular weight excluding hydrogens is 380 g/mol. The number of fused-ring (bicyclic) bond motifs is 1. The van der Waals surface area contributed by atoms with E-state index < -0.39 is 0 Å². The Balaban J connectivity index is 1.60. The summed E-state index contributed by atoms with van der Waals surface area (Å²) < 4.78 is 0. The molecule has 4 aromatic rings. The van der Waals surface area contributed by atoms with Crippen molar-refractivity contribution in [2.24, 2.45) is 10.2 Å². The van der Waals surface area contributed by atoms with Gasteiger partial charge >= 0.3 is 0 Å². The van der Waals surface area contributed by atoms with Crippen molar-refractivity contribution in [1.82, 2.24) is 9.97 Å². The Morgan fingerprint density at radius 3 is 1.43 bits per heavy atom. The molecule has 148 valence electrons. The minimum absolute atomic E-state index is 0.123. The third-order valence-corrected chi connectivity index (χ3v) is 4.19. The molecule has 0 bridgehead atoms. The summed E-state index contributed by atoms with van der Waals surface area (Å²) in [4.78, 5) is 9.07. The van der Waals surface area contributed by atoms with Crippen molar-refractivity contribution in [3.05, 3.63) is 83.9 Å². The normalized spacial score (nSPS) is 11.3. The lowest BCUT2D eigenvalue weighted by Gasteiger charge is -2.08. The largest absolute Gasteiger partial charge is 0.507 e. The standard InChI is InChI=1S/C22H18N6O2/c29-19-11-5-1-7-15(19)13-23-27-21-22(26-18-10-4-3-9-17(18)25-21)28-24-14-16-8-2-6-12-20(16)30/h1-14,29-30H,(H,25,27)(H,26,28). The molecule has 8 heteroatoms. The molecule has 0 saturated carbocycles. The van der Waals surface area contributed by atoms with Crippen LogP contribution >= 0.6 is 0 Å². The fourth-order valence-electron chi connectivity index (χ4n) is 2.68. The van der Waals surface area contributed by atoms with Gasteiger partial charge in [-0.05, 0) is 36.4 Å². The number of hydrogen-bond acceptors (Lipinski definition) is 8. The number of benzene rings is 3. The number of nitrogens with one attached hydrogen (secondary N) is 2. The Bertz CT molecular complexity index is 1140. The smallest absolute Gasteiger partial charge is 0.192 e. The third kappa shape index (κ3) is 4.33. The zero-order chi connectivity index (χ0) is 20.8. The highest BCUT2D eigenvalue weighted by molar-refractivity contribution is 5.86. The zero-order valence-electron chi connectivity index (χ0n) is 15.8. The quantitative estimate of drug-likeness (QED) is 0.289. The lowest BCUT2D eigenvalue weighted by molar-refractivity contribution is 0.474. The van der Waals surface area contributed by atoms with Crippen molar-refractivity contribution in [3.63, 3.8) is 0 Å². The first kappa shape index (κ1) is 18.9. The van der Waals surface area contributed by atoms with Crippen LogP contribution in [0.4, 0.5) is 11.6 Å². The first-order valence-electron chi connectivity index (χ1n) is 9.11. The topological polar surface area (TPSA) is 115 Å². The maximum atomic E-state index is 9.85. The van der Waals surface area contributed by atoms with Gasteiger partial charge in [0, 0.05) is 11.1 Å². The van der Waals surface area contributed by atoms with Crippen molar-refractivity contribution >= 4 is 35.1 Å². The summed E-state index contributed by atoms with van der Waals surface area (Å²) in [5.41, 5.74) is 8.18. The number of phenolic OH excluding ortho intramolecular Hbond substituents is 2. The predicted octanol–water partition coefficient (Wildman–Crippen LogP) is 3.93. The molecule has 1 heterocycles. The van der Waals surface area contributed by atoms with Gasteiger partial charge in [0.2, 0.25) is 0 Å². The van der Waals surface area contributed by atoms with Gasteiger partial charge in [0.1, 0.15) is 11.5 Å². The van der Waals surface area contributed by atoms with Crippen molar-refractivity contribution in [3.8, 4) is 11.5 Å². The summed E-state index contributed by atoms with van der Waals surface area (Å²) in [6.45, 7) is 0. The second-order valence-corrected chi connectivity index (χ2v) is 6.27. The van der Waals surface area contributed by atoms with Crippen molar-refractivity contribution in [2.75, 3.05) is 10.9 Å². The monoisotopic (exact) mass is 398 g/mol. The summed E-state index contributed by atoms with van der Waals surface area (Å²) in [5.74, 6) is 0.959. The first-order valence-corrected chi connectivity index (χ1v) is 9.11. The van der Waals surface area contributed by atoms with E-state index in [4.69, 9.17) is 0 Å². The second-order valence-electron chi connectivity index (χ2n) is 6.27. The summed E-state index contributed by atoms with van der Waals surface area (Å²) in [5, 5.41) is 28.0. The molecule has 4 N–H and O–H groups in total. The molecule has 0 fully saturated rings. The number of rotatable bonds is 6. The third-order valence-electron chi connectivity index (χ3n) is 4.19. The predicted molar refractivity (Wildman–Crippen MR) is 118 cm³/mol. The number of aromatic nitrogens is 2. The number of hydrazone groups is 2. The number of hydrogen-bond donors (Lipinski definition) is 4. The molecule has 0 spiro atoms.